The Kier molecular flexibility index (Phi) is 4.35. The third-order valence-corrected chi connectivity index (χ3v) is 4.10. The van der Waals surface area contributed by atoms with Crippen LogP contribution in [0.1, 0.15) is 10.4 Å². The molecule has 0 spiro atoms. The maximum Gasteiger partial charge on any atom is 0.343 e. The van der Waals surface area contributed by atoms with Crippen LogP contribution in [0.3, 0.4) is 0 Å². The average molecular weight is 370 g/mol. The number of halogens is 1. The first kappa shape index (κ1) is 15.6. The Labute approximate surface area is 143 Å². The summed E-state index contributed by atoms with van der Waals surface area (Å²) in [6.45, 7) is 0. The van der Waals surface area contributed by atoms with E-state index in [0.717, 1.165) is 20.9 Å². The fourth-order valence-electron chi connectivity index (χ4n) is 2.32. The van der Waals surface area contributed by atoms with Crippen molar-refractivity contribution in [2.24, 2.45) is 0 Å². The highest BCUT2D eigenvalue weighted by molar-refractivity contribution is 9.10. The van der Waals surface area contributed by atoms with Crippen LogP contribution in [0.2, 0.25) is 0 Å². The third kappa shape index (κ3) is 3.54. The molecule has 3 nitrogen and oxygen atoms in total. The van der Waals surface area contributed by atoms with Crippen LogP contribution < -0.4 is 9.64 Å². The van der Waals surface area contributed by atoms with E-state index in [4.69, 9.17) is 4.74 Å². The van der Waals surface area contributed by atoms with Crippen molar-refractivity contribution in [3.8, 4) is 5.75 Å². The molecule has 0 aliphatic carbocycles. The molecule has 116 valence electrons. The number of carbonyl (C=O) groups excluding carboxylic acids is 1. The van der Waals surface area contributed by atoms with Crippen LogP contribution in [0.25, 0.3) is 10.8 Å². The summed E-state index contributed by atoms with van der Waals surface area (Å²) in [5.74, 6) is 0.188. The molecule has 0 bridgehead atoms. The second-order valence-corrected chi connectivity index (χ2v) is 6.40. The van der Waals surface area contributed by atoms with E-state index in [1.807, 2.05) is 61.5 Å². The van der Waals surface area contributed by atoms with Gasteiger partial charge < -0.3 is 9.64 Å². The van der Waals surface area contributed by atoms with E-state index in [9.17, 15) is 4.79 Å². The monoisotopic (exact) mass is 369 g/mol. The number of benzene rings is 3. The summed E-state index contributed by atoms with van der Waals surface area (Å²) in [4.78, 5) is 14.2. The molecule has 0 aliphatic heterocycles. The van der Waals surface area contributed by atoms with Crippen molar-refractivity contribution in [2.75, 3.05) is 19.0 Å². The number of anilines is 1. The number of hydrogen-bond acceptors (Lipinski definition) is 3. The fraction of sp³-hybridized carbons (Fsp3) is 0.105. The molecule has 23 heavy (non-hydrogen) atoms. The topological polar surface area (TPSA) is 29.5 Å². The van der Waals surface area contributed by atoms with Gasteiger partial charge in [0.2, 0.25) is 0 Å². The molecule has 0 amide bonds. The van der Waals surface area contributed by atoms with E-state index in [1.54, 1.807) is 18.2 Å². The molecular formula is C19H16BrNO2. The van der Waals surface area contributed by atoms with E-state index in [2.05, 4.69) is 15.9 Å². The van der Waals surface area contributed by atoms with Crippen LogP contribution >= 0.6 is 15.9 Å². The normalized spacial score (nSPS) is 10.6. The van der Waals surface area contributed by atoms with Crippen molar-refractivity contribution < 1.29 is 9.53 Å². The van der Waals surface area contributed by atoms with Crippen LogP contribution in [-0.2, 0) is 0 Å². The highest BCUT2D eigenvalue weighted by Gasteiger charge is 2.09. The maximum absolute atomic E-state index is 12.2. The average Bonchev–Trinajstić information content (AvgIpc) is 2.55. The Bertz CT molecular complexity index is 857. The highest BCUT2D eigenvalue weighted by atomic mass is 79.9. The Hall–Kier alpha value is -2.33. The van der Waals surface area contributed by atoms with Gasteiger partial charge in [-0.2, -0.15) is 0 Å². The lowest BCUT2D eigenvalue weighted by Gasteiger charge is -2.12. The number of hydrogen-bond donors (Lipinski definition) is 0. The quantitative estimate of drug-likeness (QED) is 0.486. The van der Waals surface area contributed by atoms with Gasteiger partial charge in [-0.1, -0.05) is 28.1 Å². The van der Waals surface area contributed by atoms with E-state index in [0.29, 0.717) is 11.3 Å². The summed E-state index contributed by atoms with van der Waals surface area (Å²) in [6, 6.07) is 18.9. The van der Waals surface area contributed by atoms with Crippen LogP contribution in [0, 0.1) is 0 Å². The summed E-state index contributed by atoms with van der Waals surface area (Å²) in [5.41, 5.74) is 1.57. The molecule has 0 unspecified atom stereocenters. The molecule has 0 N–H and O–H groups in total. The highest BCUT2D eigenvalue weighted by Crippen LogP contribution is 2.25. The van der Waals surface area contributed by atoms with Gasteiger partial charge >= 0.3 is 5.97 Å². The van der Waals surface area contributed by atoms with Crippen molar-refractivity contribution in [1.29, 1.82) is 0 Å². The van der Waals surface area contributed by atoms with Gasteiger partial charge in [0.05, 0.1) is 5.56 Å². The lowest BCUT2D eigenvalue weighted by molar-refractivity contribution is 0.0735. The molecular weight excluding hydrogens is 354 g/mol. The Balaban J connectivity index is 1.80. The van der Waals surface area contributed by atoms with Crippen molar-refractivity contribution in [3.05, 3.63) is 70.7 Å². The maximum atomic E-state index is 12.2. The van der Waals surface area contributed by atoms with Gasteiger partial charge in [-0.05, 0) is 59.3 Å². The van der Waals surface area contributed by atoms with Gasteiger partial charge in [0.25, 0.3) is 0 Å². The van der Waals surface area contributed by atoms with E-state index in [-0.39, 0.29) is 5.97 Å². The van der Waals surface area contributed by atoms with Crippen LogP contribution in [0.4, 0.5) is 5.69 Å². The smallest absolute Gasteiger partial charge is 0.343 e. The molecule has 0 aromatic heterocycles. The fourth-order valence-corrected chi connectivity index (χ4v) is 2.70. The summed E-state index contributed by atoms with van der Waals surface area (Å²) in [5, 5.41) is 2.12. The Morgan fingerprint density at radius 1 is 0.913 bits per heavy atom. The molecule has 0 saturated heterocycles. The summed E-state index contributed by atoms with van der Waals surface area (Å²) < 4.78 is 6.50. The van der Waals surface area contributed by atoms with Crippen molar-refractivity contribution in [1.82, 2.24) is 0 Å². The zero-order valence-corrected chi connectivity index (χ0v) is 14.5. The largest absolute Gasteiger partial charge is 0.423 e. The van der Waals surface area contributed by atoms with Gasteiger partial charge in [0.1, 0.15) is 5.75 Å². The Morgan fingerprint density at radius 3 is 2.26 bits per heavy atom. The molecule has 4 heteroatoms. The number of fused-ring (bicyclic) bond motifs is 1. The standard InChI is InChI=1S/C19H16BrNO2/c1-21(2)17-8-4-13(5-9-17)19(22)23-18-10-6-14-11-16(20)7-3-15(14)12-18/h3-12H,1-2H3. The Morgan fingerprint density at radius 2 is 1.57 bits per heavy atom. The van der Waals surface area contributed by atoms with Crippen LogP contribution in [0.15, 0.2) is 65.1 Å². The molecule has 0 radical (unpaired) electrons. The van der Waals surface area contributed by atoms with Crippen molar-refractivity contribution in [2.45, 2.75) is 0 Å². The lowest BCUT2D eigenvalue weighted by atomic mass is 10.1. The first-order valence-corrected chi connectivity index (χ1v) is 8.01. The molecule has 0 saturated carbocycles. The van der Waals surface area contributed by atoms with Gasteiger partial charge in [-0.15, -0.1) is 0 Å². The first-order chi connectivity index (χ1) is 11.0. The molecule has 0 atom stereocenters. The minimum atomic E-state index is -0.355. The van der Waals surface area contributed by atoms with Crippen molar-refractivity contribution in [3.63, 3.8) is 0 Å². The van der Waals surface area contributed by atoms with E-state index < -0.39 is 0 Å². The lowest BCUT2D eigenvalue weighted by Crippen LogP contribution is -2.11. The summed E-state index contributed by atoms with van der Waals surface area (Å²) >= 11 is 3.45. The van der Waals surface area contributed by atoms with E-state index >= 15 is 0 Å². The van der Waals surface area contributed by atoms with Gasteiger partial charge in [0.15, 0.2) is 0 Å². The number of ether oxygens (including phenoxy) is 1. The molecule has 3 aromatic rings. The second-order valence-electron chi connectivity index (χ2n) is 5.48. The van der Waals surface area contributed by atoms with Gasteiger partial charge in [-0.25, -0.2) is 4.79 Å². The molecule has 3 rings (SSSR count). The zero-order chi connectivity index (χ0) is 16.4. The summed E-state index contributed by atoms with van der Waals surface area (Å²) in [6.07, 6.45) is 0. The number of rotatable bonds is 3. The van der Waals surface area contributed by atoms with Gasteiger partial charge in [0, 0.05) is 24.3 Å². The molecule has 0 fully saturated rings. The van der Waals surface area contributed by atoms with Crippen LogP contribution in [-0.4, -0.2) is 20.1 Å². The second kappa shape index (κ2) is 6.42. The van der Waals surface area contributed by atoms with Crippen LogP contribution in [0.5, 0.6) is 5.75 Å². The predicted octanol–water partition coefficient (Wildman–Crippen LogP) is 4.89. The number of carbonyl (C=O) groups is 1. The summed E-state index contributed by atoms with van der Waals surface area (Å²) in [7, 11) is 3.92. The minimum absolute atomic E-state index is 0.355. The number of esters is 1. The molecule has 0 heterocycles. The minimum Gasteiger partial charge on any atom is -0.423 e. The molecule has 0 aliphatic rings. The molecule has 3 aromatic carbocycles. The number of nitrogens with zero attached hydrogens (tertiary/aromatic N) is 1. The van der Waals surface area contributed by atoms with E-state index in [1.165, 1.54) is 0 Å². The SMILES string of the molecule is CN(C)c1ccc(C(=O)Oc2ccc3cc(Br)ccc3c2)cc1. The van der Waals surface area contributed by atoms with Gasteiger partial charge in [-0.3, -0.25) is 0 Å². The van der Waals surface area contributed by atoms with Crippen molar-refractivity contribution >= 4 is 38.4 Å². The zero-order valence-electron chi connectivity index (χ0n) is 12.9. The predicted molar refractivity (Wildman–Crippen MR) is 97.4 cm³/mol. The third-order valence-electron chi connectivity index (χ3n) is 3.60. The first-order valence-electron chi connectivity index (χ1n) is 7.22.